The summed E-state index contributed by atoms with van der Waals surface area (Å²) in [6.45, 7) is 7.01. The second kappa shape index (κ2) is 7.64. The van der Waals surface area contributed by atoms with E-state index >= 15 is 0 Å². The van der Waals surface area contributed by atoms with Crippen LogP contribution in [0.4, 0.5) is 5.69 Å². The summed E-state index contributed by atoms with van der Waals surface area (Å²) in [5, 5.41) is 2.90. The molecule has 0 saturated heterocycles. The summed E-state index contributed by atoms with van der Waals surface area (Å²) in [6, 6.07) is 15.2. The number of nitrogens with one attached hydrogen (secondary N) is 1. The first-order chi connectivity index (χ1) is 10.6. The second-order valence-electron chi connectivity index (χ2n) is 5.61. The van der Waals surface area contributed by atoms with Crippen molar-refractivity contribution in [3.8, 4) is 5.75 Å². The Bertz CT molecular complexity index is 618. The molecule has 0 aromatic heterocycles. The Morgan fingerprint density at radius 1 is 1.14 bits per heavy atom. The van der Waals surface area contributed by atoms with Gasteiger partial charge in [0.05, 0.1) is 6.61 Å². The zero-order valence-corrected chi connectivity index (χ0v) is 13.4. The van der Waals surface area contributed by atoms with Gasteiger partial charge >= 0.3 is 0 Å². The Morgan fingerprint density at radius 3 is 2.50 bits per heavy atom. The monoisotopic (exact) mass is 297 g/mol. The Kier molecular flexibility index (Phi) is 5.59. The molecule has 3 heteroatoms. The first-order valence-corrected chi connectivity index (χ1v) is 7.74. The molecule has 1 amide bonds. The van der Waals surface area contributed by atoms with Crippen LogP contribution in [0, 0.1) is 0 Å². The van der Waals surface area contributed by atoms with Gasteiger partial charge < -0.3 is 10.1 Å². The van der Waals surface area contributed by atoms with Crippen molar-refractivity contribution in [1.29, 1.82) is 0 Å². The molecule has 0 bridgehead atoms. The molecule has 2 aromatic rings. The minimum absolute atomic E-state index is 0.108. The topological polar surface area (TPSA) is 38.3 Å². The number of carbonyl (C=O) groups excluding carboxylic acids is 1. The third kappa shape index (κ3) is 4.35. The highest BCUT2D eigenvalue weighted by atomic mass is 16.5. The fourth-order valence-electron chi connectivity index (χ4n) is 2.11. The summed E-state index contributed by atoms with van der Waals surface area (Å²) in [5.74, 6) is 1.13. The van der Waals surface area contributed by atoms with Crippen molar-refractivity contribution < 1.29 is 9.53 Å². The van der Waals surface area contributed by atoms with Crippen LogP contribution in [0.2, 0.25) is 0 Å². The number of anilines is 1. The lowest BCUT2D eigenvalue weighted by molar-refractivity contribution is 0.102. The van der Waals surface area contributed by atoms with E-state index < -0.39 is 0 Å². The summed E-state index contributed by atoms with van der Waals surface area (Å²) < 4.78 is 5.57. The Labute approximate surface area is 132 Å². The van der Waals surface area contributed by atoms with Crippen molar-refractivity contribution >= 4 is 11.6 Å². The predicted molar refractivity (Wildman–Crippen MR) is 90.7 cm³/mol. The molecule has 0 spiro atoms. The molecule has 2 rings (SSSR count). The predicted octanol–water partition coefficient (Wildman–Crippen LogP) is 4.85. The molecule has 0 aliphatic rings. The Balaban J connectivity index is 2.05. The number of hydrogen-bond donors (Lipinski definition) is 1. The average Bonchev–Trinajstić information content (AvgIpc) is 2.53. The number of amides is 1. The standard InChI is InChI=1S/C19H23NO2/c1-4-12-22-18-7-5-6-17(13-18)20-19(21)16-10-8-15(9-11-16)14(2)3/h5-11,13-14H,4,12H2,1-3H3,(H,20,21). The Hall–Kier alpha value is -2.29. The van der Waals surface area contributed by atoms with Gasteiger partial charge in [-0.05, 0) is 42.2 Å². The minimum Gasteiger partial charge on any atom is -0.494 e. The van der Waals surface area contributed by atoms with Crippen molar-refractivity contribution in [2.24, 2.45) is 0 Å². The molecule has 1 N–H and O–H groups in total. The summed E-state index contributed by atoms with van der Waals surface area (Å²) in [6.07, 6.45) is 0.957. The van der Waals surface area contributed by atoms with Gasteiger partial charge in [-0.15, -0.1) is 0 Å². The molecule has 0 atom stereocenters. The van der Waals surface area contributed by atoms with Crippen LogP contribution in [-0.4, -0.2) is 12.5 Å². The average molecular weight is 297 g/mol. The molecule has 116 valence electrons. The number of benzene rings is 2. The maximum absolute atomic E-state index is 12.3. The summed E-state index contributed by atoms with van der Waals surface area (Å²) in [7, 11) is 0. The van der Waals surface area contributed by atoms with E-state index in [1.165, 1.54) is 5.56 Å². The zero-order chi connectivity index (χ0) is 15.9. The van der Waals surface area contributed by atoms with E-state index in [1.807, 2.05) is 48.5 Å². The van der Waals surface area contributed by atoms with Gasteiger partial charge in [0.2, 0.25) is 0 Å². The molecule has 0 heterocycles. The van der Waals surface area contributed by atoms with Crippen LogP contribution >= 0.6 is 0 Å². The number of carbonyl (C=O) groups is 1. The van der Waals surface area contributed by atoms with E-state index in [2.05, 4.69) is 26.1 Å². The lowest BCUT2D eigenvalue weighted by Gasteiger charge is -2.10. The first kappa shape index (κ1) is 16.1. The number of hydrogen-bond acceptors (Lipinski definition) is 2. The number of ether oxygens (including phenoxy) is 1. The van der Waals surface area contributed by atoms with Crippen molar-refractivity contribution in [2.45, 2.75) is 33.1 Å². The molecule has 0 radical (unpaired) electrons. The molecule has 0 aliphatic carbocycles. The Morgan fingerprint density at radius 2 is 1.86 bits per heavy atom. The summed E-state index contributed by atoms with van der Waals surface area (Å²) in [5.41, 5.74) is 2.63. The van der Waals surface area contributed by atoms with Crippen molar-refractivity contribution in [1.82, 2.24) is 0 Å². The van der Waals surface area contributed by atoms with Crippen LogP contribution in [0.25, 0.3) is 0 Å². The van der Waals surface area contributed by atoms with E-state index in [0.717, 1.165) is 17.9 Å². The second-order valence-corrected chi connectivity index (χ2v) is 5.61. The van der Waals surface area contributed by atoms with Crippen molar-refractivity contribution in [2.75, 3.05) is 11.9 Å². The highest BCUT2D eigenvalue weighted by Crippen LogP contribution is 2.19. The third-order valence-electron chi connectivity index (χ3n) is 3.40. The fourth-order valence-corrected chi connectivity index (χ4v) is 2.11. The van der Waals surface area contributed by atoms with E-state index in [1.54, 1.807) is 0 Å². The van der Waals surface area contributed by atoms with Crippen LogP contribution in [0.15, 0.2) is 48.5 Å². The lowest BCUT2D eigenvalue weighted by Crippen LogP contribution is -2.12. The molecule has 0 fully saturated rings. The lowest BCUT2D eigenvalue weighted by atomic mass is 10.0. The molecule has 0 unspecified atom stereocenters. The van der Waals surface area contributed by atoms with Gasteiger partial charge in [0.1, 0.15) is 5.75 Å². The highest BCUT2D eigenvalue weighted by Gasteiger charge is 2.07. The van der Waals surface area contributed by atoms with Gasteiger partial charge in [0.15, 0.2) is 0 Å². The quantitative estimate of drug-likeness (QED) is 0.827. The molecule has 2 aromatic carbocycles. The molecular formula is C19H23NO2. The maximum Gasteiger partial charge on any atom is 0.255 e. The maximum atomic E-state index is 12.3. The van der Waals surface area contributed by atoms with E-state index in [-0.39, 0.29) is 5.91 Å². The molecular weight excluding hydrogens is 274 g/mol. The van der Waals surface area contributed by atoms with Crippen LogP contribution in [0.3, 0.4) is 0 Å². The van der Waals surface area contributed by atoms with Crippen LogP contribution in [-0.2, 0) is 0 Å². The zero-order valence-electron chi connectivity index (χ0n) is 13.4. The highest BCUT2D eigenvalue weighted by molar-refractivity contribution is 6.04. The van der Waals surface area contributed by atoms with Crippen molar-refractivity contribution in [3.05, 3.63) is 59.7 Å². The number of rotatable bonds is 6. The fraction of sp³-hybridized carbons (Fsp3) is 0.316. The minimum atomic E-state index is -0.108. The van der Waals surface area contributed by atoms with Crippen LogP contribution < -0.4 is 10.1 Å². The summed E-state index contributed by atoms with van der Waals surface area (Å²) in [4.78, 5) is 12.3. The van der Waals surface area contributed by atoms with Crippen LogP contribution in [0.1, 0.15) is 49.0 Å². The molecule has 3 nitrogen and oxygen atoms in total. The van der Waals surface area contributed by atoms with Gasteiger partial charge in [-0.25, -0.2) is 0 Å². The first-order valence-electron chi connectivity index (χ1n) is 7.74. The van der Waals surface area contributed by atoms with E-state index in [4.69, 9.17) is 4.74 Å². The SMILES string of the molecule is CCCOc1cccc(NC(=O)c2ccc(C(C)C)cc2)c1. The van der Waals surface area contributed by atoms with Gasteiger partial charge in [0, 0.05) is 17.3 Å². The van der Waals surface area contributed by atoms with Gasteiger partial charge in [-0.2, -0.15) is 0 Å². The molecule has 0 aliphatic heterocycles. The van der Waals surface area contributed by atoms with Gasteiger partial charge in [-0.3, -0.25) is 4.79 Å². The van der Waals surface area contributed by atoms with E-state index in [0.29, 0.717) is 18.1 Å². The molecule has 0 saturated carbocycles. The molecule has 22 heavy (non-hydrogen) atoms. The summed E-state index contributed by atoms with van der Waals surface area (Å²) >= 11 is 0. The smallest absolute Gasteiger partial charge is 0.255 e. The van der Waals surface area contributed by atoms with Crippen LogP contribution in [0.5, 0.6) is 5.75 Å². The normalized spacial score (nSPS) is 10.5. The van der Waals surface area contributed by atoms with Gasteiger partial charge in [-0.1, -0.05) is 39.0 Å². The van der Waals surface area contributed by atoms with Gasteiger partial charge in [0.25, 0.3) is 5.91 Å². The largest absolute Gasteiger partial charge is 0.494 e. The van der Waals surface area contributed by atoms with E-state index in [9.17, 15) is 4.79 Å². The van der Waals surface area contributed by atoms with Crippen molar-refractivity contribution in [3.63, 3.8) is 0 Å². The third-order valence-corrected chi connectivity index (χ3v) is 3.40.